The highest BCUT2D eigenvalue weighted by atomic mass is 32.1. The van der Waals surface area contributed by atoms with E-state index >= 15 is 0 Å². The monoisotopic (exact) mass is 194 g/mol. The molecule has 0 fully saturated rings. The van der Waals surface area contributed by atoms with Gasteiger partial charge in [-0.1, -0.05) is 11.2 Å². The summed E-state index contributed by atoms with van der Waals surface area (Å²) >= 11 is 1.65. The van der Waals surface area contributed by atoms with Gasteiger partial charge < -0.3 is 9.84 Å². The molecule has 0 radical (unpaired) electrons. The third kappa shape index (κ3) is 1.79. The zero-order valence-electron chi connectivity index (χ0n) is 7.28. The van der Waals surface area contributed by atoms with Gasteiger partial charge in [-0.25, -0.2) is 0 Å². The van der Waals surface area contributed by atoms with Gasteiger partial charge in [0.1, 0.15) is 0 Å². The van der Waals surface area contributed by atoms with Gasteiger partial charge in [0, 0.05) is 12.6 Å². The first kappa shape index (κ1) is 8.47. The molecule has 0 bridgehead atoms. The minimum atomic E-state index is 0.745. The molecule has 0 saturated heterocycles. The second kappa shape index (κ2) is 3.72. The van der Waals surface area contributed by atoms with E-state index in [1.54, 1.807) is 11.3 Å². The van der Waals surface area contributed by atoms with Crippen LogP contribution in [0.2, 0.25) is 0 Å². The van der Waals surface area contributed by atoms with Gasteiger partial charge in [-0.2, -0.15) is 0 Å². The van der Waals surface area contributed by atoms with Crippen LogP contribution in [0.25, 0.3) is 10.6 Å². The highest BCUT2D eigenvalue weighted by Gasteiger charge is 2.05. The van der Waals surface area contributed by atoms with Crippen LogP contribution in [0.4, 0.5) is 0 Å². The number of hydrogen-bond donors (Lipinski definition) is 1. The van der Waals surface area contributed by atoms with Gasteiger partial charge in [0.25, 0.3) is 0 Å². The Hall–Kier alpha value is -1.13. The summed E-state index contributed by atoms with van der Waals surface area (Å²) in [6.07, 6.45) is 0. The molecule has 0 unspecified atom stereocenters. The van der Waals surface area contributed by atoms with Gasteiger partial charge in [-0.05, 0) is 18.5 Å². The minimum Gasteiger partial charge on any atom is -0.355 e. The van der Waals surface area contributed by atoms with E-state index in [1.165, 1.54) is 0 Å². The smallest absolute Gasteiger partial charge is 0.177 e. The van der Waals surface area contributed by atoms with Crippen molar-refractivity contribution >= 4 is 11.3 Å². The van der Waals surface area contributed by atoms with Gasteiger partial charge in [-0.15, -0.1) is 11.3 Å². The molecule has 0 atom stereocenters. The molecule has 0 aliphatic heterocycles. The fourth-order valence-electron chi connectivity index (χ4n) is 1.11. The van der Waals surface area contributed by atoms with Crippen LogP contribution in [0.3, 0.4) is 0 Å². The molecule has 0 aliphatic carbocycles. The lowest BCUT2D eigenvalue weighted by atomic mass is 10.3. The highest BCUT2D eigenvalue weighted by Crippen LogP contribution is 2.24. The van der Waals surface area contributed by atoms with Crippen molar-refractivity contribution in [2.45, 2.75) is 6.54 Å². The van der Waals surface area contributed by atoms with Crippen molar-refractivity contribution in [3.8, 4) is 10.6 Å². The number of aromatic nitrogens is 1. The van der Waals surface area contributed by atoms with Gasteiger partial charge >= 0.3 is 0 Å². The SMILES string of the molecule is CNCc1cc(-c2cccs2)on1. The molecule has 4 heteroatoms. The van der Waals surface area contributed by atoms with Gasteiger partial charge in [-0.3, -0.25) is 0 Å². The Morgan fingerprint density at radius 3 is 3.23 bits per heavy atom. The van der Waals surface area contributed by atoms with E-state index in [-0.39, 0.29) is 0 Å². The molecule has 2 aromatic rings. The van der Waals surface area contributed by atoms with Crippen molar-refractivity contribution in [1.29, 1.82) is 0 Å². The van der Waals surface area contributed by atoms with Crippen LogP contribution in [0, 0.1) is 0 Å². The zero-order chi connectivity index (χ0) is 9.10. The van der Waals surface area contributed by atoms with E-state index < -0.39 is 0 Å². The topological polar surface area (TPSA) is 38.1 Å². The normalized spacial score (nSPS) is 10.5. The van der Waals surface area contributed by atoms with E-state index in [2.05, 4.69) is 10.5 Å². The Balaban J connectivity index is 2.23. The molecule has 68 valence electrons. The number of nitrogens with zero attached hydrogens (tertiary/aromatic N) is 1. The first-order valence-corrected chi connectivity index (χ1v) is 4.92. The Morgan fingerprint density at radius 2 is 2.54 bits per heavy atom. The number of hydrogen-bond acceptors (Lipinski definition) is 4. The molecule has 13 heavy (non-hydrogen) atoms. The molecule has 1 N–H and O–H groups in total. The quantitative estimate of drug-likeness (QED) is 0.813. The van der Waals surface area contributed by atoms with Crippen LogP contribution in [0.5, 0.6) is 0 Å². The van der Waals surface area contributed by atoms with Crippen LogP contribution in [-0.2, 0) is 6.54 Å². The second-order valence-electron chi connectivity index (χ2n) is 2.69. The summed E-state index contributed by atoms with van der Waals surface area (Å²) in [5.41, 5.74) is 0.936. The second-order valence-corrected chi connectivity index (χ2v) is 3.64. The lowest BCUT2D eigenvalue weighted by Gasteiger charge is -1.87. The molecular weight excluding hydrogens is 184 g/mol. The Bertz CT molecular complexity index is 367. The summed E-state index contributed by atoms with van der Waals surface area (Å²) in [6, 6.07) is 5.98. The van der Waals surface area contributed by atoms with Gasteiger partial charge in [0.15, 0.2) is 5.76 Å². The predicted molar refractivity (Wildman–Crippen MR) is 52.6 cm³/mol. The predicted octanol–water partition coefficient (Wildman–Crippen LogP) is 2.12. The third-order valence-electron chi connectivity index (χ3n) is 1.68. The number of rotatable bonds is 3. The first-order chi connectivity index (χ1) is 6.40. The Labute approximate surface area is 80.4 Å². The molecular formula is C9H10N2OS. The standard InChI is InChI=1S/C9H10N2OS/c1-10-6-7-5-8(12-11-7)9-3-2-4-13-9/h2-5,10H,6H2,1H3. The van der Waals surface area contributed by atoms with E-state index in [1.807, 2.05) is 30.6 Å². The fourth-order valence-corrected chi connectivity index (χ4v) is 1.78. The van der Waals surface area contributed by atoms with Crippen LogP contribution in [0.1, 0.15) is 5.69 Å². The summed E-state index contributed by atoms with van der Waals surface area (Å²) < 4.78 is 5.18. The van der Waals surface area contributed by atoms with E-state index in [0.717, 1.165) is 22.9 Å². The average molecular weight is 194 g/mol. The van der Waals surface area contributed by atoms with E-state index in [9.17, 15) is 0 Å². The van der Waals surface area contributed by atoms with Crippen molar-refractivity contribution in [2.75, 3.05) is 7.05 Å². The minimum absolute atomic E-state index is 0.745. The van der Waals surface area contributed by atoms with Crippen molar-refractivity contribution in [3.63, 3.8) is 0 Å². The number of thiophene rings is 1. The summed E-state index contributed by atoms with van der Waals surface area (Å²) in [6.45, 7) is 0.745. The highest BCUT2D eigenvalue weighted by molar-refractivity contribution is 7.13. The maximum absolute atomic E-state index is 5.18. The van der Waals surface area contributed by atoms with Crippen LogP contribution >= 0.6 is 11.3 Å². The van der Waals surface area contributed by atoms with E-state index in [0.29, 0.717) is 0 Å². The Kier molecular flexibility index (Phi) is 2.42. The molecule has 0 aliphatic rings. The maximum Gasteiger partial charge on any atom is 0.177 e. The zero-order valence-corrected chi connectivity index (χ0v) is 8.10. The van der Waals surface area contributed by atoms with Crippen molar-refractivity contribution in [3.05, 3.63) is 29.3 Å². The van der Waals surface area contributed by atoms with Crippen molar-refractivity contribution in [2.24, 2.45) is 0 Å². The molecule has 0 aromatic carbocycles. The molecule has 0 spiro atoms. The first-order valence-electron chi connectivity index (χ1n) is 4.04. The largest absolute Gasteiger partial charge is 0.355 e. The fraction of sp³-hybridized carbons (Fsp3) is 0.222. The van der Waals surface area contributed by atoms with Gasteiger partial charge in [0.2, 0.25) is 0 Å². The maximum atomic E-state index is 5.18. The molecule has 2 rings (SSSR count). The van der Waals surface area contributed by atoms with Crippen molar-refractivity contribution in [1.82, 2.24) is 10.5 Å². The lowest BCUT2D eigenvalue weighted by molar-refractivity contribution is 0.422. The Morgan fingerprint density at radius 1 is 1.62 bits per heavy atom. The molecule has 3 nitrogen and oxygen atoms in total. The van der Waals surface area contributed by atoms with Crippen LogP contribution in [0.15, 0.2) is 28.1 Å². The van der Waals surface area contributed by atoms with Crippen LogP contribution in [-0.4, -0.2) is 12.2 Å². The summed E-state index contributed by atoms with van der Waals surface area (Å²) in [5, 5.41) is 8.98. The molecule has 0 saturated carbocycles. The average Bonchev–Trinajstić information content (AvgIpc) is 2.70. The summed E-state index contributed by atoms with van der Waals surface area (Å²) in [5.74, 6) is 0.847. The van der Waals surface area contributed by atoms with Crippen LogP contribution < -0.4 is 5.32 Å². The lowest BCUT2D eigenvalue weighted by Crippen LogP contribution is -2.04. The summed E-state index contributed by atoms with van der Waals surface area (Å²) in [7, 11) is 1.89. The third-order valence-corrected chi connectivity index (χ3v) is 2.57. The van der Waals surface area contributed by atoms with Gasteiger partial charge in [0.05, 0.1) is 10.6 Å². The molecule has 0 amide bonds. The number of nitrogens with one attached hydrogen (secondary N) is 1. The molecule has 2 aromatic heterocycles. The summed E-state index contributed by atoms with van der Waals surface area (Å²) in [4.78, 5) is 1.12. The van der Waals surface area contributed by atoms with Crippen molar-refractivity contribution < 1.29 is 4.52 Å². The van der Waals surface area contributed by atoms with E-state index in [4.69, 9.17) is 4.52 Å². The molecule has 2 heterocycles.